The monoisotopic (exact) mass is 395 g/mol. The molecule has 0 unspecified atom stereocenters. The first-order chi connectivity index (χ1) is 13.9. The summed E-state index contributed by atoms with van der Waals surface area (Å²) in [6.45, 7) is 3.83. The molecule has 0 spiro atoms. The van der Waals surface area contributed by atoms with Crippen LogP contribution in [0.3, 0.4) is 0 Å². The summed E-state index contributed by atoms with van der Waals surface area (Å²) in [6, 6.07) is 7.28. The van der Waals surface area contributed by atoms with Crippen molar-refractivity contribution >= 4 is 5.84 Å². The van der Waals surface area contributed by atoms with Crippen molar-refractivity contribution in [2.45, 2.75) is 31.8 Å². The van der Waals surface area contributed by atoms with Crippen LogP contribution in [0.1, 0.15) is 36.1 Å². The molecule has 6 nitrogen and oxygen atoms in total. The molecule has 0 saturated carbocycles. The van der Waals surface area contributed by atoms with E-state index in [0.29, 0.717) is 28.9 Å². The summed E-state index contributed by atoms with van der Waals surface area (Å²) in [5.74, 6) is -0.633. The van der Waals surface area contributed by atoms with Gasteiger partial charge in [-0.2, -0.15) is 8.78 Å². The molecule has 3 aromatic rings. The molecular formula is C21H19F2N5O. The number of aryl methyl sites for hydroxylation is 1. The Morgan fingerprint density at radius 3 is 2.21 bits per heavy atom. The Morgan fingerprint density at radius 2 is 1.69 bits per heavy atom. The van der Waals surface area contributed by atoms with Gasteiger partial charge in [-0.15, -0.1) is 0 Å². The minimum atomic E-state index is -0.987. The third-order valence-corrected chi connectivity index (χ3v) is 5.24. The fourth-order valence-corrected chi connectivity index (χ4v) is 3.69. The number of nitrogens with zero attached hydrogens (tertiary/aromatic N) is 3. The third-order valence-electron chi connectivity index (χ3n) is 5.24. The van der Waals surface area contributed by atoms with Crippen molar-refractivity contribution < 1.29 is 8.78 Å². The lowest BCUT2D eigenvalue weighted by Crippen LogP contribution is -2.41. The van der Waals surface area contributed by atoms with E-state index in [2.05, 4.69) is 20.3 Å². The highest BCUT2D eigenvalue weighted by molar-refractivity contribution is 6.01. The van der Waals surface area contributed by atoms with Gasteiger partial charge in [0.1, 0.15) is 11.4 Å². The number of pyridine rings is 3. The van der Waals surface area contributed by atoms with Gasteiger partial charge in [-0.25, -0.2) is 15.0 Å². The molecule has 1 atom stereocenters. The molecule has 0 aliphatic carbocycles. The molecule has 4 heterocycles. The summed E-state index contributed by atoms with van der Waals surface area (Å²) in [5.41, 5.74) is 1.52. The Morgan fingerprint density at radius 1 is 1.07 bits per heavy atom. The molecule has 0 aromatic carbocycles. The highest BCUT2D eigenvalue weighted by Crippen LogP contribution is 2.40. The highest BCUT2D eigenvalue weighted by atomic mass is 19.1. The van der Waals surface area contributed by atoms with Crippen molar-refractivity contribution in [1.82, 2.24) is 20.3 Å². The minimum absolute atomic E-state index is 0.139. The quantitative estimate of drug-likeness (QED) is 0.666. The smallest absolute Gasteiger partial charge is 0.251 e. The lowest BCUT2D eigenvalue weighted by Gasteiger charge is -2.31. The lowest BCUT2D eigenvalue weighted by atomic mass is 9.80. The topological polar surface area (TPSA) is 83.0 Å². The van der Waals surface area contributed by atoms with Crippen LogP contribution in [-0.2, 0) is 12.0 Å². The van der Waals surface area contributed by atoms with Crippen molar-refractivity contribution in [3.05, 3.63) is 93.4 Å². The van der Waals surface area contributed by atoms with Crippen LogP contribution in [0.2, 0.25) is 0 Å². The molecule has 4 rings (SSSR count). The standard InChI is InChI=1S/C21H19F2N5O/c1-3-13-8-14(9-26-20(13)29)19-27-12(2)21(28-19,15-4-6-17(22)24-10-15)16-5-7-18(23)25-11-16/h4-12H,3H2,1-2H3,(H,26,29)(H,27,28)/t12-/m0/s1. The summed E-state index contributed by atoms with van der Waals surface area (Å²) < 4.78 is 26.9. The first kappa shape index (κ1) is 18.9. The summed E-state index contributed by atoms with van der Waals surface area (Å²) in [7, 11) is 0. The van der Waals surface area contributed by atoms with E-state index in [0.717, 1.165) is 5.56 Å². The largest absolute Gasteiger partial charge is 0.364 e. The summed E-state index contributed by atoms with van der Waals surface area (Å²) in [5, 5.41) is 3.34. The molecule has 1 aliphatic rings. The fraction of sp³-hybridized carbons (Fsp3) is 0.238. The Labute approximate surface area is 165 Å². The average Bonchev–Trinajstić information content (AvgIpc) is 3.07. The van der Waals surface area contributed by atoms with Crippen LogP contribution in [0.15, 0.2) is 58.7 Å². The van der Waals surface area contributed by atoms with Crippen LogP contribution in [0.4, 0.5) is 8.78 Å². The maximum Gasteiger partial charge on any atom is 0.251 e. The Bertz CT molecular complexity index is 1080. The van der Waals surface area contributed by atoms with E-state index in [1.165, 1.54) is 24.5 Å². The molecule has 8 heteroatoms. The van der Waals surface area contributed by atoms with E-state index in [1.807, 2.05) is 13.8 Å². The number of hydrogen-bond acceptors (Lipinski definition) is 5. The normalized spacial score (nSPS) is 17.7. The molecule has 0 amide bonds. The van der Waals surface area contributed by atoms with Gasteiger partial charge in [0.15, 0.2) is 0 Å². The van der Waals surface area contributed by atoms with E-state index in [-0.39, 0.29) is 11.6 Å². The number of nitrogens with one attached hydrogen (secondary N) is 2. The molecule has 3 aromatic heterocycles. The second-order valence-electron chi connectivity index (χ2n) is 6.93. The molecule has 0 fully saturated rings. The Kier molecular flexibility index (Phi) is 4.70. The molecule has 0 radical (unpaired) electrons. The second-order valence-corrected chi connectivity index (χ2v) is 6.93. The molecule has 0 bridgehead atoms. The number of amidine groups is 1. The van der Waals surface area contributed by atoms with Gasteiger partial charge in [0.25, 0.3) is 5.56 Å². The molecular weight excluding hydrogens is 376 g/mol. The second kappa shape index (κ2) is 7.20. The molecule has 0 saturated heterocycles. The number of aromatic nitrogens is 3. The lowest BCUT2D eigenvalue weighted by molar-refractivity contribution is 0.446. The average molecular weight is 395 g/mol. The van der Waals surface area contributed by atoms with Crippen LogP contribution in [-0.4, -0.2) is 26.8 Å². The summed E-state index contributed by atoms with van der Waals surface area (Å²) >= 11 is 0. The van der Waals surface area contributed by atoms with Crippen LogP contribution < -0.4 is 10.9 Å². The number of H-pyrrole nitrogens is 1. The van der Waals surface area contributed by atoms with Crippen molar-refractivity contribution in [3.63, 3.8) is 0 Å². The predicted octanol–water partition coefficient (Wildman–Crippen LogP) is 2.69. The van der Waals surface area contributed by atoms with Crippen LogP contribution in [0, 0.1) is 11.9 Å². The predicted molar refractivity (Wildman–Crippen MR) is 105 cm³/mol. The zero-order chi connectivity index (χ0) is 20.6. The number of rotatable bonds is 4. The van der Waals surface area contributed by atoms with E-state index in [1.54, 1.807) is 24.4 Å². The van der Waals surface area contributed by atoms with Crippen LogP contribution in [0.5, 0.6) is 0 Å². The van der Waals surface area contributed by atoms with Crippen molar-refractivity contribution in [3.8, 4) is 0 Å². The van der Waals surface area contributed by atoms with E-state index >= 15 is 0 Å². The van der Waals surface area contributed by atoms with Crippen LogP contribution in [0.25, 0.3) is 0 Å². The number of hydrogen-bond donors (Lipinski definition) is 2. The van der Waals surface area contributed by atoms with Crippen molar-refractivity contribution in [1.29, 1.82) is 0 Å². The Balaban J connectivity index is 1.91. The van der Waals surface area contributed by atoms with Gasteiger partial charge in [0.2, 0.25) is 11.9 Å². The number of aliphatic imine (C=N–C) groups is 1. The van der Waals surface area contributed by atoms with Crippen LogP contribution >= 0.6 is 0 Å². The highest BCUT2D eigenvalue weighted by Gasteiger charge is 2.45. The maximum absolute atomic E-state index is 13.5. The molecule has 2 N–H and O–H groups in total. The third kappa shape index (κ3) is 3.20. The van der Waals surface area contributed by atoms with Crippen molar-refractivity contribution in [2.24, 2.45) is 4.99 Å². The van der Waals surface area contributed by atoms with Gasteiger partial charge >= 0.3 is 0 Å². The fourth-order valence-electron chi connectivity index (χ4n) is 3.69. The Hall–Kier alpha value is -3.42. The zero-order valence-corrected chi connectivity index (χ0v) is 15.9. The van der Waals surface area contributed by atoms with Crippen molar-refractivity contribution in [2.75, 3.05) is 0 Å². The van der Waals surface area contributed by atoms with Gasteiger partial charge < -0.3 is 10.3 Å². The maximum atomic E-state index is 13.5. The van der Waals surface area contributed by atoms with Gasteiger partial charge in [0.05, 0.1) is 6.04 Å². The zero-order valence-electron chi connectivity index (χ0n) is 15.9. The van der Waals surface area contributed by atoms with Gasteiger partial charge in [-0.05, 0) is 31.5 Å². The summed E-state index contributed by atoms with van der Waals surface area (Å²) in [4.78, 5) is 27.1. The molecule has 148 valence electrons. The SMILES string of the molecule is CCc1cc(C2=NC(c3ccc(F)nc3)(c3ccc(F)nc3)[C@H](C)N2)c[nH]c1=O. The van der Waals surface area contributed by atoms with E-state index < -0.39 is 17.4 Å². The first-order valence-electron chi connectivity index (χ1n) is 9.26. The van der Waals surface area contributed by atoms with Gasteiger partial charge in [-0.1, -0.05) is 19.1 Å². The number of aromatic amines is 1. The van der Waals surface area contributed by atoms with Gasteiger partial charge in [0, 0.05) is 40.8 Å². The van der Waals surface area contributed by atoms with E-state index in [9.17, 15) is 13.6 Å². The number of halogens is 2. The van der Waals surface area contributed by atoms with Gasteiger partial charge in [-0.3, -0.25) is 4.79 Å². The van der Waals surface area contributed by atoms with E-state index in [4.69, 9.17) is 4.99 Å². The summed E-state index contributed by atoms with van der Waals surface area (Å²) in [6.07, 6.45) is 5.03. The first-order valence-corrected chi connectivity index (χ1v) is 9.26. The molecule has 1 aliphatic heterocycles. The molecule has 29 heavy (non-hydrogen) atoms. The minimum Gasteiger partial charge on any atom is -0.364 e.